The predicted molar refractivity (Wildman–Crippen MR) is 108 cm³/mol. The van der Waals surface area contributed by atoms with Crippen molar-refractivity contribution in [3.8, 4) is 0 Å². The zero-order valence-electron chi connectivity index (χ0n) is 17.9. The van der Waals surface area contributed by atoms with E-state index in [1.807, 2.05) is 0 Å². The molecule has 0 bridgehead atoms. The average Bonchev–Trinajstić information content (AvgIpc) is 2.92. The SMILES string of the molecule is Cc1ccc(=O)n(CC(=O)N2CCC3(CC2)CC(CN(C)CC(C)C)OC3=O)n1. The normalized spacial score (nSPS) is 21.2. The first kappa shape index (κ1) is 21.5. The number of piperidine rings is 1. The number of rotatable bonds is 6. The van der Waals surface area contributed by atoms with Gasteiger partial charge in [-0.25, -0.2) is 4.68 Å². The summed E-state index contributed by atoms with van der Waals surface area (Å²) in [5, 5.41) is 4.13. The van der Waals surface area contributed by atoms with Crippen LogP contribution in [0.4, 0.5) is 0 Å². The van der Waals surface area contributed by atoms with Gasteiger partial charge >= 0.3 is 5.97 Å². The van der Waals surface area contributed by atoms with Gasteiger partial charge in [0.15, 0.2) is 0 Å². The molecule has 3 heterocycles. The highest BCUT2D eigenvalue weighted by molar-refractivity contribution is 5.80. The van der Waals surface area contributed by atoms with Crippen molar-refractivity contribution in [1.29, 1.82) is 0 Å². The molecule has 2 saturated heterocycles. The van der Waals surface area contributed by atoms with E-state index in [9.17, 15) is 14.4 Å². The predicted octanol–water partition coefficient (Wildman–Crippen LogP) is 1.06. The van der Waals surface area contributed by atoms with Crippen LogP contribution in [-0.2, 0) is 20.9 Å². The number of hydrogen-bond acceptors (Lipinski definition) is 6. The molecule has 1 aromatic rings. The van der Waals surface area contributed by atoms with Crippen molar-refractivity contribution in [2.75, 3.05) is 33.2 Å². The average molecular weight is 405 g/mol. The van der Waals surface area contributed by atoms with Crippen LogP contribution in [0.3, 0.4) is 0 Å². The molecule has 1 aromatic heterocycles. The number of carbonyl (C=O) groups is 2. The number of hydrogen-bond donors (Lipinski definition) is 0. The van der Waals surface area contributed by atoms with Gasteiger partial charge in [-0.2, -0.15) is 5.10 Å². The van der Waals surface area contributed by atoms with Crippen molar-refractivity contribution in [3.05, 3.63) is 28.2 Å². The number of aromatic nitrogens is 2. The van der Waals surface area contributed by atoms with Crippen molar-refractivity contribution in [2.24, 2.45) is 11.3 Å². The van der Waals surface area contributed by atoms with E-state index >= 15 is 0 Å². The number of likely N-dealkylation sites (tertiary alicyclic amines) is 1. The van der Waals surface area contributed by atoms with Crippen LogP contribution < -0.4 is 5.56 Å². The molecule has 0 aliphatic carbocycles. The van der Waals surface area contributed by atoms with Crippen LogP contribution in [0, 0.1) is 18.3 Å². The number of esters is 1. The quantitative estimate of drug-likeness (QED) is 0.660. The highest BCUT2D eigenvalue weighted by atomic mass is 16.6. The highest BCUT2D eigenvalue weighted by Crippen LogP contribution is 2.43. The Hall–Kier alpha value is -2.22. The summed E-state index contributed by atoms with van der Waals surface area (Å²) in [5.41, 5.74) is -0.0687. The van der Waals surface area contributed by atoms with Gasteiger partial charge in [0.05, 0.1) is 11.1 Å². The Kier molecular flexibility index (Phi) is 6.41. The lowest BCUT2D eigenvalue weighted by Gasteiger charge is -2.36. The van der Waals surface area contributed by atoms with Crippen LogP contribution >= 0.6 is 0 Å². The molecular weight excluding hydrogens is 372 g/mol. The lowest BCUT2D eigenvalue weighted by molar-refractivity contribution is -0.153. The van der Waals surface area contributed by atoms with Gasteiger partial charge in [0.1, 0.15) is 12.6 Å². The number of amides is 1. The van der Waals surface area contributed by atoms with Crippen molar-refractivity contribution >= 4 is 11.9 Å². The molecule has 29 heavy (non-hydrogen) atoms. The second kappa shape index (κ2) is 8.65. The maximum atomic E-state index is 12.6. The molecule has 2 aliphatic heterocycles. The van der Waals surface area contributed by atoms with E-state index < -0.39 is 5.41 Å². The summed E-state index contributed by atoms with van der Waals surface area (Å²) >= 11 is 0. The lowest BCUT2D eigenvalue weighted by Crippen LogP contribution is -2.47. The Labute approximate surface area is 171 Å². The lowest BCUT2D eigenvalue weighted by atomic mass is 9.76. The number of ether oxygens (including phenoxy) is 1. The number of nitrogens with zero attached hydrogens (tertiary/aromatic N) is 4. The summed E-state index contributed by atoms with van der Waals surface area (Å²) < 4.78 is 6.89. The molecule has 2 aliphatic rings. The zero-order valence-corrected chi connectivity index (χ0v) is 17.9. The second-order valence-electron chi connectivity index (χ2n) is 8.98. The molecule has 160 valence electrons. The zero-order chi connectivity index (χ0) is 21.2. The molecule has 8 heteroatoms. The number of carbonyl (C=O) groups excluding carboxylic acids is 2. The highest BCUT2D eigenvalue weighted by Gasteiger charge is 2.50. The summed E-state index contributed by atoms with van der Waals surface area (Å²) in [5.74, 6) is 0.305. The van der Waals surface area contributed by atoms with Crippen LogP contribution in [0.25, 0.3) is 0 Å². The third kappa shape index (κ3) is 5.04. The minimum Gasteiger partial charge on any atom is -0.461 e. The van der Waals surface area contributed by atoms with Crippen molar-refractivity contribution < 1.29 is 14.3 Å². The third-order valence-electron chi connectivity index (χ3n) is 5.88. The van der Waals surface area contributed by atoms with E-state index in [4.69, 9.17) is 4.74 Å². The van der Waals surface area contributed by atoms with E-state index in [-0.39, 0.29) is 30.1 Å². The van der Waals surface area contributed by atoms with Gasteiger partial charge in [-0.3, -0.25) is 14.4 Å². The van der Waals surface area contributed by atoms with E-state index in [2.05, 4.69) is 30.9 Å². The number of aryl methyl sites for hydroxylation is 1. The van der Waals surface area contributed by atoms with Crippen LogP contribution in [0.2, 0.25) is 0 Å². The molecule has 8 nitrogen and oxygen atoms in total. The van der Waals surface area contributed by atoms with E-state index in [1.54, 1.807) is 17.9 Å². The largest absolute Gasteiger partial charge is 0.461 e. The Bertz CT molecular complexity index is 811. The molecule has 2 fully saturated rings. The van der Waals surface area contributed by atoms with Gasteiger partial charge in [0, 0.05) is 38.7 Å². The molecule has 1 amide bonds. The fraction of sp³-hybridized carbons (Fsp3) is 0.714. The molecule has 1 atom stereocenters. The van der Waals surface area contributed by atoms with E-state index in [1.165, 1.54) is 10.7 Å². The van der Waals surface area contributed by atoms with Crippen LogP contribution in [0.5, 0.6) is 0 Å². The molecule has 0 N–H and O–H groups in total. The number of cyclic esters (lactones) is 1. The molecule has 0 radical (unpaired) electrons. The summed E-state index contributed by atoms with van der Waals surface area (Å²) in [6.07, 6.45) is 1.86. The van der Waals surface area contributed by atoms with E-state index in [0.717, 1.165) is 19.5 Å². The summed E-state index contributed by atoms with van der Waals surface area (Å²) in [6, 6.07) is 3.06. The fourth-order valence-electron chi connectivity index (χ4n) is 4.47. The third-order valence-corrected chi connectivity index (χ3v) is 5.88. The van der Waals surface area contributed by atoms with Gasteiger partial charge in [0.2, 0.25) is 5.91 Å². The smallest absolute Gasteiger partial charge is 0.312 e. The minimum atomic E-state index is -0.474. The topological polar surface area (TPSA) is 84.7 Å². The van der Waals surface area contributed by atoms with Gasteiger partial charge < -0.3 is 14.5 Å². The van der Waals surface area contributed by atoms with Gasteiger partial charge in [0.25, 0.3) is 5.56 Å². The maximum Gasteiger partial charge on any atom is 0.312 e. The fourth-order valence-corrected chi connectivity index (χ4v) is 4.47. The second-order valence-corrected chi connectivity index (χ2v) is 8.98. The Morgan fingerprint density at radius 2 is 2.00 bits per heavy atom. The van der Waals surface area contributed by atoms with Crippen molar-refractivity contribution in [3.63, 3.8) is 0 Å². The standard InChI is InChI=1S/C21H32N4O4/c1-15(2)12-23(4)13-17-11-21(20(28)29-17)7-9-24(10-8-21)19(27)14-25-18(26)6-5-16(3)22-25/h5-6,15,17H,7-14H2,1-4H3. The Balaban J connectivity index is 1.55. The number of likely N-dealkylation sites (N-methyl/N-ethyl adjacent to an activating group) is 1. The van der Waals surface area contributed by atoms with Gasteiger partial charge in [-0.05, 0) is 38.8 Å². The van der Waals surface area contributed by atoms with Gasteiger partial charge in [-0.1, -0.05) is 13.8 Å². The summed E-state index contributed by atoms with van der Waals surface area (Å²) in [4.78, 5) is 41.1. The maximum absolute atomic E-state index is 12.6. The summed E-state index contributed by atoms with van der Waals surface area (Å²) in [6.45, 7) is 8.78. The van der Waals surface area contributed by atoms with Gasteiger partial charge in [-0.15, -0.1) is 0 Å². The first-order valence-corrected chi connectivity index (χ1v) is 10.4. The van der Waals surface area contributed by atoms with Crippen LogP contribution in [0.15, 0.2) is 16.9 Å². The van der Waals surface area contributed by atoms with Crippen molar-refractivity contribution in [1.82, 2.24) is 19.6 Å². The monoisotopic (exact) mass is 404 g/mol. The Morgan fingerprint density at radius 3 is 2.66 bits per heavy atom. The molecule has 0 aromatic carbocycles. The minimum absolute atomic E-state index is 0.0689. The molecule has 0 saturated carbocycles. The molecule has 1 spiro atoms. The summed E-state index contributed by atoms with van der Waals surface area (Å²) in [7, 11) is 2.06. The first-order chi connectivity index (χ1) is 13.7. The molecular formula is C21H32N4O4. The van der Waals surface area contributed by atoms with Crippen molar-refractivity contribution in [2.45, 2.75) is 52.7 Å². The molecule has 1 unspecified atom stereocenters. The van der Waals surface area contributed by atoms with Crippen LogP contribution in [-0.4, -0.2) is 70.8 Å². The first-order valence-electron chi connectivity index (χ1n) is 10.4. The molecule has 3 rings (SSSR count). The Morgan fingerprint density at radius 1 is 1.31 bits per heavy atom. The van der Waals surface area contributed by atoms with Crippen LogP contribution in [0.1, 0.15) is 38.8 Å². The van der Waals surface area contributed by atoms with E-state index in [0.29, 0.717) is 37.5 Å².